The quantitative estimate of drug-likeness (QED) is 0.631. The molecule has 6 nitrogen and oxygen atoms in total. The molecule has 0 radical (unpaired) electrons. The van der Waals surface area contributed by atoms with Crippen LogP contribution in [-0.2, 0) is 9.47 Å². The number of ether oxygens (including phenoxy) is 4. The lowest BCUT2D eigenvalue weighted by atomic mass is 10.2. The van der Waals surface area contributed by atoms with Gasteiger partial charge in [0.15, 0.2) is 11.5 Å². The fourth-order valence-corrected chi connectivity index (χ4v) is 1.71. The molecule has 6 heteroatoms. The number of carboxylic acid groups (broad SMARTS) is 1. The summed E-state index contributed by atoms with van der Waals surface area (Å²) < 4.78 is 21.2. The van der Waals surface area contributed by atoms with Gasteiger partial charge in [0.25, 0.3) is 0 Å². The van der Waals surface area contributed by atoms with Gasteiger partial charge in [-0.2, -0.15) is 0 Å². The minimum atomic E-state index is -1.05. The second kappa shape index (κ2) is 10.0. The Morgan fingerprint density at radius 1 is 1.14 bits per heavy atom. The van der Waals surface area contributed by atoms with E-state index in [4.69, 9.17) is 18.9 Å². The first kappa shape index (κ1) is 17.3. The molecule has 0 amide bonds. The zero-order valence-corrected chi connectivity index (χ0v) is 12.5. The monoisotopic (exact) mass is 298 g/mol. The lowest BCUT2D eigenvalue weighted by Gasteiger charge is -2.14. The molecule has 0 saturated heterocycles. The van der Waals surface area contributed by atoms with Gasteiger partial charge in [0.1, 0.15) is 12.2 Å². The van der Waals surface area contributed by atoms with Gasteiger partial charge in [0, 0.05) is 20.3 Å². The highest BCUT2D eigenvalue weighted by atomic mass is 16.5. The van der Waals surface area contributed by atoms with Crippen LogP contribution >= 0.6 is 0 Å². The third kappa shape index (κ3) is 6.01. The number of methoxy groups -OCH3 is 1. The predicted octanol–water partition coefficient (Wildman–Crippen LogP) is 2.22. The van der Waals surface area contributed by atoms with E-state index in [9.17, 15) is 9.90 Å². The van der Waals surface area contributed by atoms with Crippen LogP contribution in [0.2, 0.25) is 0 Å². The van der Waals surface area contributed by atoms with Crippen molar-refractivity contribution in [3.63, 3.8) is 0 Å². The molecule has 0 fully saturated rings. The Bertz CT molecular complexity index is 432. The normalized spacial score (nSPS) is 10.4. The fraction of sp³-hybridized carbons (Fsp3) is 0.533. The number of rotatable bonds is 11. The third-order valence-corrected chi connectivity index (χ3v) is 2.62. The molecule has 0 aromatic heterocycles. The van der Waals surface area contributed by atoms with E-state index in [-0.39, 0.29) is 17.9 Å². The highest BCUT2D eigenvalue weighted by Gasteiger charge is 2.16. The summed E-state index contributed by atoms with van der Waals surface area (Å²) in [5, 5.41) is 9.18. The van der Waals surface area contributed by atoms with Gasteiger partial charge < -0.3 is 24.1 Å². The molecule has 21 heavy (non-hydrogen) atoms. The minimum Gasteiger partial charge on any atom is -0.490 e. The molecule has 1 N–H and O–H groups in total. The summed E-state index contributed by atoms with van der Waals surface area (Å²) in [6.07, 6.45) is 0.812. The van der Waals surface area contributed by atoms with E-state index >= 15 is 0 Å². The summed E-state index contributed by atoms with van der Waals surface area (Å²) in [4.78, 5) is 11.2. The SMILES string of the molecule is CCOc1cccc(C(=O)O)c1OCCOCCCOC. The molecular formula is C15H22O6. The Kier molecular flexibility index (Phi) is 8.23. The minimum absolute atomic E-state index is 0.0836. The third-order valence-electron chi connectivity index (χ3n) is 2.62. The van der Waals surface area contributed by atoms with E-state index in [0.717, 1.165) is 6.42 Å². The van der Waals surface area contributed by atoms with Crippen LogP contribution < -0.4 is 9.47 Å². The maximum absolute atomic E-state index is 11.2. The van der Waals surface area contributed by atoms with Crippen LogP contribution in [0.25, 0.3) is 0 Å². The summed E-state index contributed by atoms with van der Waals surface area (Å²) >= 11 is 0. The number of benzene rings is 1. The fourth-order valence-electron chi connectivity index (χ4n) is 1.71. The van der Waals surface area contributed by atoms with Crippen LogP contribution in [-0.4, -0.2) is 51.2 Å². The van der Waals surface area contributed by atoms with Crippen molar-refractivity contribution in [2.75, 3.05) is 40.1 Å². The number of carboxylic acids is 1. The van der Waals surface area contributed by atoms with Crippen molar-refractivity contribution in [3.8, 4) is 11.5 Å². The van der Waals surface area contributed by atoms with E-state index in [0.29, 0.717) is 32.2 Å². The summed E-state index contributed by atoms with van der Waals surface area (Å²) in [6, 6.07) is 4.80. The van der Waals surface area contributed by atoms with Crippen LogP contribution in [0.4, 0.5) is 0 Å². The van der Waals surface area contributed by atoms with Crippen molar-refractivity contribution in [2.45, 2.75) is 13.3 Å². The van der Waals surface area contributed by atoms with Gasteiger partial charge in [0.2, 0.25) is 0 Å². The molecule has 0 aliphatic carbocycles. The van der Waals surface area contributed by atoms with Crippen molar-refractivity contribution in [3.05, 3.63) is 23.8 Å². The zero-order chi connectivity index (χ0) is 15.5. The average Bonchev–Trinajstić information content (AvgIpc) is 2.47. The second-order valence-electron chi connectivity index (χ2n) is 4.18. The molecule has 0 unspecified atom stereocenters. The zero-order valence-electron chi connectivity index (χ0n) is 12.5. The smallest absolute Gasteiger partial charge is 0.339 e. The first-order chi connectivity index (χ1) is 10.2. The Balaban J connectivity index is 2.53. The highest BCUT2D eigenvalue weighted by molar-refractivity contribution is 5.92. The molecule has 0 atom stereocenters. The molecule has 118 valence electrons. The Morgan fingerprint density at radius 3 is 2.62 bits per heavy atom. The van der Waals surface area contributed by atoms with Gasteiger partial charge in [-0.05, 0) is 25.5 Å². The van der Waals surface area contributed by atoms with Crippen LogP contribution in [0.5, 0.6) is 11.5 Å². The van der Waals surface area contributed by atoms with Gasteiger partial charge in [-0.1, -0.05) is 6.07 Å². The standard InChI is InChI=1S/C15H22O6/c1-3-20-13-7-4-6-12(15(16)17)14(13)21-11-10-19-9-5-8-18-2/h4,6-7H,3,5,8-11H2,1-2H3,(H,16,17). The van der Waals surface area contributed by atoms with Crippen molar-refractivity contribution < 1.29 is 28.8 Å². The van der Waals surface area contributed by atoms with Gasteiger partial charge in [-0.15, -0.1) is 0 Å². The molecule has 1 rings (SSSR count). The van der Waals surface area contributed by atoms with E-state index in [1.807, 2.05) is 6.92 Å². The molecule has 0 bridgehead atoms. The highest BCUT2D eigenvalue weighted by Crippen LogP contribution is 2.31. The topological polar surface area (TPSA) is 74.2 Å². The van der Waals surface area contributed by atoms with E-state index in [1.54, 1.807) is 19.2 Å². The molecule has 0 saturated carbocycles. The summed E-state index contributed by atoms with van der Waals surface area (Å²) in [6.45, 7) is 4.14. The number of carbonyl (C=O) groups is 1. The molecule has 0 aliphatic heterocycles. The molecule has 0 heterocycles. The van der Waals surface area contributed by atoms with Crippen molar-refractivity contribution in [2.24, 2.45) is 0 Å². The number of aromatic carboxylic acids is 1. The van der Waals surface area contributed by atoms with Crippen LogP contribution in [0, 0.1) is 0 Å². The predicted molar refractivity (Wildman–Crippen MR) is 77.4 cm³/mol. The summed E-state index contributed by atoms with van der Waals surface area (Å²) in [5.41, 5.74) is 0.0836. The number of hydrogen-bond acceptors (Lipinski definition) is 5. The maximum atomic E-state index is 11.2. The second-order valence-corrected chi connectivity index (χ2v) is 4.18. The van der Waals surface area contributed by atoms with Gasteiger partial charge in [0.05, 0.1) is 13.2 Å². The van der Waals surface area contributed by atoms with Crippen LogP contribution in [0.3, 0.4) is 0 Å². The van der Waals surface area contributed by atoms with Gasteiger partial charge >= 0.3 is 5.97 Å². The van der Waals surface area contributed by atoms with Crippen LogP contribution in [0.15, 0.2) is 18.2 Å². The van der Waals surface area contributed by atoms with Crippen molar-refractivity contribution >= 4 is 5.97 Å². The maximum Gasteiger partial charge on any atom is 0.339 e. The molecule has 0 spiro atoms. The lowest BCUT2D eigenvalue weighted by Crippen LogP contribution is -2.12. The van der Waals surface area contributed by atoms with Crippen LogP contribution in [0.1, 0.15) is 23.7 Å². The van der Waals surface area contributed by atoms with Crippen molar-refractivity contribution in [1.29, 1.82) is 0 Å². The summed E-state index contributed by atoms with van der Waals surface area (Å²) in [7, 11) is 1.64. The Labute approximate surface area is 124 Å². The molecule has 1 aromatic rings. The van der Waals surface area contributed by atoms with Gasteiger partial charge in [-0.25, -0.2) is 4.79 Å². The number of para-hydroxylation sites is 1. The molecule has 0 aliphatic rings. The largest absolute Gasteiger partial charge is 0.490 e. The Hall–Kier alpha value is -1.79. The van der Waals surface area contributed by atoms with Gasteiger partial charge in [-0.3, -0.25) is 0 Å². The lowest BCUT2D eigenvalue weighted by molar-refractivity contribution is 0.0673. The number of hydrogen-bond donors (Lipinski definition) is 1. The summed E-state index contributed by atoms with van der Waals surface area (Å²) in [5.74, 6) is -0.378. The molecular weight excluding hydrogens is 276 g/mol. The first-order valence-corrected chi connectivity index (χ1v) is 6.89. The molecule has 1 aromatic carbocycles. The first-order valence-electron chi connectivity index (χ1n) is 6.89. The van der Waals surface area contributed by atoms with E-state index in [2.05, 4.69) is 0 Å². The van der Waals surface area contributed by atoms with E-state index < -0.39 is 5.97 Å². The van der Waals surface area contributed by atoms with Crippen molar-refractivity contribution in [1.82, 2.24) is 0 Å². The van der Waals surface area contributed by atoms with E-state index in [1.165, 1.54) is 6.07 Å². The average molecular weight is 298 g/mol. The Morgan fingerprint density at radius 2 is 1.95 bits per heavy atom.